The molecule has 3 rings (SSSR count). The topological polar surface area (TPSA) is 94.4 Å². The van der Waals surface area contributed by atoms with E-state index in [1.165, 1.54) is 0 Å². The van der Waals surface area contributed by atoms with Crippen molar-refractivity contribution >= 4 is 5.82 Å². The number of aromatic nitrogens is 5. The molecule has 0 aliphatic carbocycles. The van der Waals surface area contributed by atoms with Crippen LogP contribution in [0, 0.1) is 25.2 Å². The van der Waals surface area contributed by atoms with E-state index in [0.29, 0.717) is 17.3 Å². The maximum Gasteiger partial charge on any atom is 0.169 e. The summed E-state index contributed by atoms with van der Waals surface area (Å²) in [6.45, 7) is 5.48. The quantitative estimate of drug-likeness (QED) is 0.896. The molecule has 0 spiro atoms. The van der Waals surface area contributed by atoms with Crippen LogP contribution in [0.25, 0.3) is 0 Å². The molecule has 108 valence electrons. The first-order valence-electron chi connectivity index (χ1n) is 7.05. The lowest BCUT2D eigenvalue weighted by Gasteiger charge is -2.33. The number of H-pyrrole nitrogens is 1. The Hall–Kier alpha value is -2.49. The zero-order valence-electron chi connectivity index (χ0n) is 12.2. The van der Waals surface area contributed by atoms with Gasteiger partial charge in [0.15, 0.2) is 5.82 Å². The van der Waals surface area contributed by atoms with E-state index in [1.54, 1.807) is 6.20 Å². The summed E-state index contributed by atoms with van der Waals surface area (Å²) in [7, 11) is 0. The summed E-state index contributed by atoms with van der Waals surface area (Å²) in [5.41, 5.74) is 3.31. The minimum absolute atomic E-state index is 0.312. The zero-order valence-corrected chi connectivity index (χ0v) is 12.2. The largest absolute Gasteiger partial charge is 0.353 e. The molecule has 7 nitrogen and oxygen atoms in total. The lowest BCUT2D eigenvalue weighted by atomic mass is 9.95. The number of hydrogen-bond acceptors (Lipinski definition) is 6. The van der Waals surface area contributed by atoms with E-state index < -0.39 is 0 Å². The van der Waals surface area contributed by atoms with E-state index in [9.17, 15) is 5.26 Å². The number of rotatable bonds is 2. The van der Waals surface area contributed by atoms with Crippen molar-refractivity contribution in [3.05, 3.63) is 28.7 Å². The molecule has 2 aromatic heterocycles. The van der Waals surface area contributed by atoms with Crippen molar-refractivity contribution in [2.75, 3.05) is 18.0 Å². The van der Waals surface area contributed by atoms with E-state index in [1.807, 2.05) is 13.8 Å². The number of anilines is 1. The Morgan fingerprint density at radius 1 is 1.38 bits per heavy atom. The first-order valence-corrected chi connectivity index (χ1v) is 7.05. The third kappa shape index (κ3) is 2.44. The Labute approximate surface area is 123 Å². The second kappa shape index (κ2) is 5.48. The molecular weight excluding hydrogens is 266 g/mol. The minimum atomic E-state index is 0.312. The maximum atomic E-state index is 9.43. The van der Waals surface area contributed by atoms with Gasteiger partial charge in [0, 0.05) is 19.0 Å². The number of nitrogens with one attached hydrogen (secondary N) is 1. The van der Waals surface area contributed by atoms with E-state index in [-0.39, 0.29) is 0 Å². The highest BCUT2D eigenvalue weighted by Gasteiger charge is 2.26. The summed E-state index contributed by atoms with van der Waals surface area (Å²) in [6.07, 6.45) is 3.88. The fourth-order valence-electron chi connectivity index (χ4n) is 2.77. The number of aromatic amines is 1. The highest BCUT2D eigenvalue weighted by Crippen LogP contribution is 2.30. The molecule has 0 bridgehead atoms. The van der Waals surface area contributed by atoms with Gasteiger partial charge in [0.05, 0.1) is 17.6 Å². The molecule has 0 saturated carbocycles. The second-order valence-corrected chi connectivity index (χ2v) is 5.40. The number of hydrogen-bond donors (Lipinski definition) is 1. The van der Waals surface area contributed by atoms with Crippen LogP contribution in [0.1, 0.15) is 41.3 Å². The van der Waals surface area contributed by atoms with Gasteiger partial charge in [-0.3, -0.25) is 0 Å². The van der Waals surface area contributed by atoms with Gasteiger partial charge < -0.3 is 4.90 Å². The van der Waals surface area contributed by atoms with Gasteiger partial charge in [-0.15, -0.1) is 5.10 Å². The summed E-state index contributed by atoms with van der Waals surface area (Å²) in [5.74, 6) is 1.00. The summed E-state index contributed by atoms with van der Waals surface area (Å²) >= 11 is 0. The Balaban J connectivity index is 1.91. The maximum absolute atomic E-state index is 9.43. The second-order valence-electron chi connectivity index (χ2n) is 5.40. The summed E-state index contributed by atoms with van der Waals surface area (Å²) in [5, 5.41) is 28.6. The fraction of sp³-hybridized carbons (Fsp3) is 0.500. The summed E-state index contributed by atoms with van der Waals surface area (Å²) in [6, 6.07) is 2.27. The van der Waals surface area contributed by atoms with Gasteiger partial charge >= 0.3 is 0 Å². The SMILES string of the molecule is Cc1nnc(N2CCCC(c3cn[nH]n3)C2)c(C#N)c1C. The average molecular weight is 283 g/mol. The first kappa shape index (κ1) is 13.5. The molecule has 0 radical (unpaired) electrons. The predicted octanol–water partition coefficient (Wildman–Crippen LogP) is 1.47. The molecule has 1 aliphatic heterocycles. The van der Waals surface area contributed by atoms with E-state index >= 15 is 0 Å². The Bertz CT molecular complexity index is 671. The van der Waals surface area contributed by atoms with E-state index in [4.69, 9.17) is 0 Å². The van der Waals surface area contributed by atoms with Crippen LogP contribution in [0.3, 0.4) is 0 Å². The standard InChI is InChI=1S/C14H17N7/c1-9-10(2)17-19-14(12(9)6-15)21-5-3-4-11(8-21)13-7-16-20-18-13/h7,11H,3-5,8H2,1-2H3,(H,16,18,20). The van der Waals surface area contributed by atoms with Crippen LogP contribution in [0.2, 0.25) is 0 Å². The molecule has 3 heterocycles. The lowest BCUT2D eigenvalue weighted by molar-refractivity contribution is 0.496. The van der Waals surface area contributed by atoms with Gasteiger partial charge in [-0.25, -0.2) is 0 Å². The monoisotopic (exact) mass is 283 g/mol. The van der Waals surface area contributed by atoms with Crippen molar-refractivity contribution in [3.63, 3.8) is 0 Å². The van der Waals surface area contributed by atoms with Crippen LogP contribution in [-0.2, 0) is 0 Å². The molecule has 1 saturated heterocycles. The highest BCUT2D eigenvalue weighted by molar-refractivity contribution is 5.57. The molecule has 0 amide bonds. The summed E-state index contributed by atoms with van der Waals surface area (Å²) in [4.78, 5) is 2.14. The molecule has 21 heavy (non-hydrogen) atoms. The molecule has 1 aliphatic rings. The fourth-order valence-corrected chi connectivity index (χ4v) is 2.77. The zero-order chi connectivity index (χ0) is 14.8. The van der Waals surface area contributed by atoms with Crippen LogP contribution in [-0.4, -0.2) is 38.7 Å². The van der Waals surface area contributed by atoms with Crippen molar-refractivity contribution < 1.29 is 0 Å². The Morgan fingerprint density at radius 3 is 2.95 bits per heavy atom. The van der Waals surface area contributed by atoms with Crippen LogP contribution in [0.4, 0.5) is 5.82 Å². The van der Waals surface area contributed by atoms with Crippen molar-refractivity contribution in [1.82, 2.24) is 25.6 Å². The molecule has 1 N–H and O–H groups in total. The number of piperidine rings is 1. The number of nitrogens with zero attached hydrogens (tertiary/aromatic N) is 6. The van der Waals surface area contributed by atoms with E-state index in [0.717, 1.165) is 42.9 Å². The lowest BCUT2D eigenvalue weighted by Crippen LogP contribution is -2.36. The van der Waals surface area contributed by atoms with Crippen LogP contribution in [0.5, 0.6) is 0 Å². The first-order chi connectivity index (χ1) is 10.2. The number of nitriles is 1. The third-order valence-electron chi connectivity index (χ3n) is 4.12. The van der Waals surface area contributed by atoms with Crippen molar-refractivity contribution in [3.8, 4) is 6.07 Å². The molecule has 1 fully saturated rings. The third-order valence-corrected chi connectivity index (χ3v) is 4.12. The van der Waals surface area contributed by atoms with Gasteiger partial charge in [0.25, 0.3) is 0 Å². The molecule has 2 aromatic rings. The van der Waals surface area contributed by atoms with Crippen LogP contribution >= 0.6 is 0 Å². The molecule has 0 aromatic carbocycles. The molecule has 1 atom stereocenters. The number of aryl methyl sites for hydroxylation is 1. The van der Waals surface area contributed by atoms with Crippen LogP contribution in [0.15, 0.2) is 6.20 Å². The van der Waals surface area contributed by atoms with Crippen LogP contribution < -0.4 is 4.90 Å². The molecule has 1 unspecified atom stereocenters. The highest BCUT2D eigenvalue weighted by atomic mass is 15.3. The Morgan fingerprint density at radius 2 is 2.24 bits per heavy atom. The molecular formula is C14H17N7. The van der Waals surface area contributed by atoms with Crippen molar-refractivity contribution in [1.29, 1.82) is 5.26 Å². The van der Waals surface area contributed by atoms with Gasteiger partial charge in [-0.2, -0.15) is 25.8 Å². The predicted molar refractivity (Wildman–Crippen MR) is 76.8 cm³/mol. The normalized spacial score (nSPS) is 18.5. The smallest absolute Gasteiger partial charge is 0.169 e. The summed E-state index contributed by atoms with van der Waals surface area (Å²) < 4.78 is 0. The average Bonchev–Trinajstić information content (AvgIpc) is 3.04. The van der Waals surface area contributed by atoms with Crippen molar-refractivity contribution in [2.24, 2.45) is 0 Å². The van der Waals surface area contributed by atoms with E-state index in [2.05, 4.69) is 36.6 Å². The van der Waals surface area contributed by atoms with Gasteiger partial charge in [0.2, 0.25) is 0 Å². The van der Waals surface area contributed by atoms with Gasteiger partial charge in [-0.1, -0.05) is 0 Å². The minimum Gasteiger partial charge on any atom is -0.353 e. The van der Waals surface area contributed by atoms with Crippen molar-refractivity contribution in [2.45, 2.75) is 32.6 Å². The van der Waals surface area contributed by atoms with Gasteiger partial charge in [-0.05, 0) is 32.3 Å². The molecule has 7 heteroatoms. The Kier molecular flexibility index (Phi) is 3.52. The van der Waals surface area contributed by atoms with Gasteiger partial charge in [0.1, 0.15) is 11.6 Å².